The molecule has 1 fully saturated rings. The number of H-pyrrole nitrogens is 2. The molecule has 7 rings (SSSR count). The third kappa shape index (κ3) is 4.01. The first-order valence-corrected chi connectivity index (χ1v) is 13.1. The van der Waals surface area contributed by atoms with Crippen LogP contribution in [0.3, 0.4) is 0 Å². The van der Waals surface area contributed by atoms with Gasteiger partial charge in [-0.25, -0.2) is 4.98 Å². The number of hydrogen-bond donors (Lipinski definition) is 4. The fraction of sp³-hybridized carbons (Fsp3) is 0.185. The van der Waals surface area contributed by atoms with Crippen LogP contribution < -0.4 is 5.32 Å². The molecule has 1 unspecified atom stereocenters. The van der Waals surface area contributed by atoms with E-state index in [0.29, 0.717) is 33.5 Å². The fourth-order valence-electron chi connectivity index (χ4n) is 4.50. The van der Waals surface area contributed by atoms with Crippen LogP contribution in [0.5, 0.6) is 0 Å². The third-order valence-electron chi connectivity index (χ3n) is 6.68. The number of hydrogen-bond acceptors (Lipinski definition) is 9. The van der Waals surface area contributed by atoms with Gasteiger partial charge in [0.25, 0.3) is 0 Å². The summed E-state index contributed by atoms with van der Waals surface area (Å²) < 4.78 is 0. The van der Waals surface area contributed by atoms with E-state index in [9.17, 15) is 9.90 Å². The van der Waals surface area contributed by atoms with Crippen molar-refractivity contribution >= 4 is 44.7 Å². The average molecular weight is 523 g/mol. The first-order valence-electron chi connectivity index (χ1n) is 12.2. The normalized spacial score (nSPS) is 14.3. The van der Waals surface area contributed by atoms with E-state index in [2.05, 4.69) is 35.5 Å². The summed E-state index contributed by atoms with van der Waals surface area (Å²) >= 11 is 1.40. The van der Waals surface area contributed by atoms with Crippen LogP contribution in [-0.4, -0.2) is 52.2 Å². The number of thiophene rings is 1. The Bertz CT molecular complexity index is 1830. The van der Waals surface area contributed by atoms with Gasteiger partial charge >= 0.3 is 0 Å². The SMILES string of the molecule is CC(=O)c1ccc(-c2nccc3[nH]c(-c4n[nH]c5cnc(-c6cncc(NC(O)C7CC7)c6)cc45)nc23)s1. The van der Waals surface area contributed by atoms with Crippen LogP contribution in [0.4, 0.5) is 5.69 Å². The van der Waals surface area contributed by atoms with E-state index in [4.69, 9.17) is 4.98 Å². The van der Waals surface area contributed by atoms with Crippen molar-refractivity contribution in [3.05, 3.63) is 60.0 Å². The van der Waals surface area contributed by atoms with Crippen LogP contribution in [0.25, 0.3) is 55.3 Å². The number of aliphatic hydroxyl groups excluding tert-OH is 1. The number of aromatic nitrogens is 7. The third-order valence-corrected chi connectivity index (χ3v) is 7.87. The van der Waals surface area contributed by atoms with E-state index in [1.807, 2.05) is 30.3 Å². The Hall–Kier alpha value is -4.48. The molecule has 6 heterocycles. The Morgan fingerprint density at radius 1 is 1.11 bits per heavy atom. The summed E-state index contributed by atoms with van der Waals surface area (Å²) in [5, 5.41) is 21.8. The number of carbonyl (C=O) groups is 1. The lowest BCUT2D eigenvalue weighted by atomic mass is 10.1. The molecular formula is C27H22N8O2S. The number of anilines is 1. The maximum Gasteiger partial charge on any atom is 0.169 e. The number of aliphatic hydroxyl groups is 1. The highest BCUT2D eigenvalue weighted by atomic mass is 32.1. The van der Waals surface area contributed by atoms with E-state index in [1.54, 1.807) is 31.7 Å². The van der Waals surface area contributed by atoms with Gasteiger partial charge in [0, 0.05) is 29.3 Å². The van der Waals surface area contributed by atoms with Crippen LogP contribution in [0.2, 0.25) is 0 Å². The maximum absolute atomic E-state index is 11.8. The van der Waals surface area contributed by atoms with Crippen molar-refractivity contribution in [3.8, 4) is 33.3 Å². The number of fused-ring (bicyclic) bond motifs is 2. The summed E-state index contributed by atoms with van der Waals surface area (Å²) in [4.78, 5) is 35.1. The Balaban J connectivity index is 1.27. The van der Waals surface area contributed by atoms with Crippen molar-refractivity contribution in [2.75, 3.05) is 5.32 Å². The van der Waals surface area contributed by atoms with Crippen molar-refractivity contribution in [1.29, 1.82) is 0 Å². The molecule has 0 radical (unpaired) electrons. The minimum absolute atomic E-state index is 0.0270. The number of pyridine rings is 3. The molecule has 1 atom stereocenters. The highest BCUT2D eigenvalue weighted by Crippen LogP contribution is 2.35. The molecule has 4 N–H and O–H groups in total. The number of imidazole rings is 1. The molecule has 0 saturated heterocycles. The summed E-state index contributed by atoms with van der Waals surface area (Å²) in [7, 11) is 0. The highest BCUT2D eigenvalue weighted by molar-refractivity contribution is 7.17. The minimum Gasteiger partial charge on any atom is -0.374 e. The second-order valence-corrected chi connectivity index (χ2v) is 10.5. The molecule has 188 valence electrons. The molecule has 0 spiro atoms. The van der Waals surface area contributed by atoms with Gasteiger partial charge in [0.2, 0.25) is 0 Å². The highest BCUT2D eigenvalue weighted by Gasteiger charge is 2.29. The lowest BCUT2D eigenvalue weighted by Crippen LogP contribution is -2.20. The lowest BCUT2D eigenvalue weighted by molar-refractivity contribution is 0.102. The number of nitrogens with one attached hydrogen (secondary N) is 3. The summed E-state index contributed by atoms with van der Waals surface area (Å²) in [6.07, 6.45) is 8.42. The molecule has 1 aliphatic carbocycles. The Morgan fingerprint density at radius 3 is 2.82 bits per heavy atom. The van der Waals surface area contributed by atoms with Gasteiger partial charge < -0.3 is 15.4 Å². The first-order chi connectivity index (χ1) is 18.5. The molecular weight excluding hydrogens is 500 g/mol. The standard InChI is InChI=1S/C27H22N8O2S/c1-13(36)21-4-5-22(38-21)25-24-18(6-7-29-25)32-26(33-24)23-17-9-19(30-12-20(17)34-35-23)15-8-16(11-28-10-15)31-27(37)14-2-3-14/h4-12,14,27,31,37H,2-3H2,1H3,(H,32,33)(H,34,35). The molecule has 0 bridgehead atoms. The summed E-state index contributed by atoms with van der Waals surface area (Å²) in [5.74, 6) is 0.929. The van der Waals surface area contributed by atoms with Gasteiger partial charge in [-0.2, -0.15) is 5.10 Å². The minimum atomic E-state index is -0.571. The van der Waals surface area contributed by atoms with E-state index in [1.165, 1.54) is 11.3 Å². The van der Waals surface area contributed by atoms with Gasteiger partial charge in [0.05, 0.1) is 44.6 Å². The largest absolute Gasteiger partial charge is 0.374 e. The van der Waals surface area contributed by atoms with Gasteiger partial charge in [0.1, 0.15) is 23.1 Å². The second kappa shape index (κ2) is 8.82. The fourth-order valence-corrected chi connectivity index (χ4v) is 5.40. The van der Waals surface area contributed by atoms with Crippen LogP contribution in [0.15, 0.2) is 55.1 Å². The Morgan fingerprint density at radius 2 is 2.00 bits per heavy atom. The molecule has 1 saturated carbocycles. The van der Waals surface area contributed by atoms with Crippen molar-refractivity contribution in [1.82, 2.24) is 35.1 Å². The molecule has 6 aromatic rings. The van der Waals surface area contributed by atoms with Gasteiger partial charge in [-0.1, -0.05) is 0 Å². The summed E-state index contributed by atoms with van der Waals surface area (Å²) in [6, 6.07) is 9.48. The van der Waals surface area contributed by atoms with Crippen LogP contribution >= 0.6 is 11.3 Å². The van der Waals surface area contributed by atoms with Crippen molar-refractivity contribution in [2.24, 2.45) is 5.92 Å². The monoisotopic (exact) mass is 522 g/mol. The zero-order chi connectivity index (χ0) is 25.8. The molecule has 1 aliphatic rings. The first kappa shape index (κ1) is 22.7. The molecule has 0 amide bonds. The van der Waals surface area contributed by atoms with Crippen molar-refractivity contribution in [2.45, 2.75) is 26.0 Å². The van der Waals surface area contributed by atoms with Crippen LogP contribution in [0.1, 0.15) is 29.4 Å². The molecule has 6 aromatic heterocycles. The smallest absolute Gasteiger partial charge is 0.169 e. The maximum atomic E-state index is 11.8. The van der Waals surface area contributed by atoms with E-state index < -0.39 is 6.23 Å². The van der Waals surface area contributed by atoms with Crippen LogP contribution in [-0.2, 0) is 0 Å². The number of nitrogens with zero attached hydrogens (tertiary/aromatic N) is 5. The topological polar surface area (TPSA) is 145 Å². The summed E-state index contributed by atoms with van der Waals surface area (Å²) in [6.45, 7) is 1.56. The Labute approximate surface area is 220 Å². The number of ketones is 1. The van der Waals surface area contributed by atoms with Gasteiger partial charge in [0.15, 0.2) is 11.6 Å². The molecule has 38 heavy (non-hydrogen) atoms. The molecule has 0 aromatic carbocycles. The quantitative estimate of drug-likeness (QED) is 0.169. The Kier molecular flexibility index (Phi) is 5.27. The van der Waals surface area contributed by atoms with Gasteiger partial charge in [-0.05, 0) is 50.1 Å². The average Bonchev–Trinajstić information content (AvgIpc) is 3.32. The van der Waals surface area contributed by atoms with Crippen molar-refractivity contribution < 1.29 is 9.90 Å². The zero-order valence-electron chi connectivity index (χ0n) is 20.3. The zero-order valence-corrected chi connectivity index (χ0v) is 21.1. The summed E-state index contributed by atoms with van der Waals surface area (Å²) in [5.41, 5.74) is 5.98. The van der Waals surface area contributed by atoms with Gasteiger partial charge in [-0.15, -0.1) is 11.3 Å². The molecule has 0 aliphatic heterocycles. The van der Waals surface area contributed by atoms with Crippen molar-refractivity contribution in [3.63, 3.8) is 0 Å². The number of Topliss-reactive ketones (excluding diaryl/α,β-unsaturated/α-hetero) is 1. The second-order valence-electron chi connectivity index (χ2n) is 9.44. The van der Waals surface area contributed by atoms with Gasteiger partial charge in [-0.3, -0.25) is 24.8 Å². The predicted molar refractivity (Wildman–Crippen MR) is 146 cm³/mol. The number of carbonyl (C=O) groups excluding carboxylic acids is 1. The molecule has 10 nitrogen and oxygen atoms in total. The number of aromatic amines is 2. The number of rotatable bonds is 7. The van der Waals surface area contributed by atoms with E-state index in [-0.39, 0.29) is 5.78 Å². The van der Waals surface area contributed by atoms with E-state index >= 15 is 0 Å². The predicted octanol–water partition coefficient (Wildman–Crippen LogP) is 5.03. The lowest BCUT2D eigenvalue weighted by Gasteiger charge is -2.13. The molecule has 11 heteroatoms. The van der Waals surface area contributed by atoms with E-state index in [0.717, 1.165) is 51.1 Å². The van der Waals surface area contributed by atoms with Crippen LogP contribution in [0, 0.1) is 5.92 Å².